The highest BCUT2D eigenvalue weighted by Crippen LogP contribution is 2.32. The van der Waals surface area contributed by atoms with Gasteiger partial charge in [-0.25, -0.2) is 9.97 Å². The van der Waals surface area contributed by atoms with Crippen LogP contribution in [0.4, 0.5) is 11.8 Å². The highest BCUT2D eigenvalue weighted by Gasteiger charge is 2.24. The molecule has 3 aromatic rings. The molecule has 0 bridgehead atoms. The van der Waals surface area contributed by atoms with Crippen LogP contribution in [-0.2, 0) is 6.54 Å². The third-order valence-corrected chi connectivity index (χ3v) is 3.93. The molecule has 0 spiro atoms. The van der Waals surface area contributed by atoms with Crippen molar-refractivity contribution in [1.29, 1.82) is 0 Å². The summed E-state index contributed by atoms with van der Waals surface area (Å²) in [5.74, 6) is 1.17. The summed E-state index contributed by atoms with van der Waals surface area (Å²) in [6.07, 6.45) is 4.47. The molecule has 0 aliphatic heterocycles. The molecule has 7 nitrogen and oxygen atoms in total. The van der Waals surface area contributed by atoms with Crippen molar-refractivity contribution in [3.63, 3.8) is 0 Å². The fourth-order valence-corrected chi connectivity index (χ4v) is 3.01. The van der Waals surface area contributed by atoms with Gasteiger partial charge in [0.25, 0.3) is 0 Å². The van der Waals surface area contributed by atoms with Crippen LogP contribution in [0.5, 0.6) is 0 Å². The van der Waals surface area contributed by atoms with E-state index in [4.69, 9.17) is 10.7 Å². The number of rotatable bonds is 5. The van der Waals surface area contributed by atoms with E-state index in [-0.39, 0.29) is 0 Å². The van der Waals surface area contributed by atoms with E-state index in [1.54, 1.807) is 26.2 Å². The third-order valence-electron chi connectivity index (χ3n) is 3.93. The van der Waals surface area contributed by atoms with Gasteiger partial charge in [0.05, 0.1) is 23.2 Å². The maximum Gasteiger partial charge on any atom is 0.206 e. The molecule has 26 heavy (non-hydrogen) atoms. The monoisotopic (exact) mass is 358 g/mol. The predicted molar refractivity (Wildman–Crippen MR) is 108 cm³/mol. The Hall–Kier alpha value is -2.41. The summed E-state index contributed by atoms with van der Waals surface area (Å²) in [4.78, 5) is 15.5. The molecular weight excluding hydrogens is 328 g/mol. The van der Waals surface area contributed by atoms with E-state index < -0.39 is 5.60 Å². The van der Waals surface area contributed by atoms with Crippen molar-refractivity contribution in [2.24, 2.45) is 0 Å². The third kappa shape index (κ3) is 3.88. The molecule has 0 unspecified atom stereocenters. The number of aromatic nitrogens is 4. The van der Waals surface area contributed by atoms with E-state index in [1.807, 2.05) is 31.5 Å². The van der Waals surface area contributed by atoms with Crippen LogP contribution in [0.1, 0.15) is 41.0 Å². The Morgan fingerprint density at radius 2 is 1.96 bits per heavy atom. The van der Waals surface area contributed by atoms with Crippen molar-refractivity contribution in [2.75, 3.05) is 24.2 Å². The van der Waals surface area contributed by atoms with Crippen LogP contribution in [0.25, 0.3) is 21.9 Å². The Balaban J connectivity index is 0.00000117. The summed E-state index contributed by atoms with van der Waals surface area (Å²) in [5, 5.41) is 11.3. The summed E-state index contributed by atoms with van der Waals surface area (Å²) in [5.41, 5.74) is 7.56. The first-order valence-corrected chi connectivity index (χ1v) is 9.14. The lowest BCUT2D eigenvalue weighted by Gasteiger charge is -2.24. The van der Waals surface area contributed by atoms with Gasteiger partial charge in [-0.15, -0.1) is 0 Å². The average molecular weight is 358 g/mol. The van der Waals surface area contributed by atoms with Crippen LogP contribution < -0.4 is 10.6 Å². The van der Waals surface area contributed by atoms with Crippen LogP contribution in [0, 0.1) is 0 Å². The van der Waals surface area contributed by atoms with Gasteiger partial charge in [-0.1, -0.05) is 20.8 Å². The van der Waals surface area contributed by atoms with Gasteiger partial charge < -0.3 is 20.3 Å². The molecule has 0 fully saturated rings. The first-order valence-electron chi connectivity index (χ1n) is 9.14. The molecule has 3 N–H and O–H groups in total. The smallest absolute Gasteiger partial charge is 0.206 e. The zero-order chi connectivity index (χ0) is 19.5. The highest BCUT2D eigenvalue weighted by atomic mass is 16.3. The maximum absolute atomic E-state index is 10.4. The first-order chi connectivity index (χ1) is 12.3. The van der Waals surface area contributed by atoms with Crippen LogP contribution >= 0.6 is 0 Å². The lowest BCUT2D eigenvalue weighted by molar-refractivity contribution is 0.0631. The SMILES string of the molecule is CC.CCCN(C)c1nc2c(N)nc3ccncc3c2n1CC(C)(C)O. The van der Waals surface area contributed by atoms with Gasteiger partial charge in [0, 0.05) is 31.4 Å². The molecular formula is C19H30N6O. The molecule has 7 heteroatoms. The van der Waals surface area contributed by atoms with Gasteiger partial charge >= 0.3 is 0 Å². The summed E-state index contributed by atoms with van der Waals surface area (Å²) in [6.45, 7) is 11.0. The average Bonchev–Trinajstić information content (AvgIpc) is 2.96. The minimum absolute atomic E-state index is 0.393. The maximum atomic E-state index is 10.4. The van der Waals surface area contributed by atoms with Crippen molar-refractivity contribution in [3.05, 3.63) is 18.5 Å². The Kier molecular flexibility index (Phi) is 6.02. The quantitative estimate of drug-likeness (QED) is 0.727. The summed E-state index contributed by atoms with van der Waals surface area (Å²) >= 11 is 0. The minimum Gasteiger partial charge on any atom is -0.389 e. The van der Waals surface area contributed by atoms with Gasteiger partial charge in [-0.3, -0.25) is 4.98 Å². The molecule has 0 aliphatic rings. The van der Waals surface area contributed by atoms with E-state index in [0.717, 1.165) is 35.3 Å². The summed E-state index contributed by atoms with van der Waals surface area (Å²) < 4.78 is 2.02. The number of hydrogen-bond donors (Lipinski definition) is 2. The summed E-state index contributed by atoms with van der Waals surface area (Å²) in [7, 11) is 2.00. The molecule has 3 heterocycles. The Bertz CT molecular complexity index is 881. The van der Waals surface area contributed by atoms with Crippen molar-refractivity contribution < 1.29 is 5.11 Å². The van der Waals surface area contributed by atoms with Gasteiger partial charge in [-0.2, -0.15) is 0 Å². The van der Waals surface area contributed by atoms with Crippen LogP contribution in [0.2, 0.25) is 0 Å². The predicted octanol–water partition coefficient (Wildman–Crippen LogP) is 3.21. The summed E-state index contributed by atoms with van der Waals surface area (Å²) in [6, 6.07) is 1.84. The standard InChI is InChI=1S/C17H24N6O.C2H6/c1-5-8-22(4)16-21-13-14(23(16)10-17(2,3)24)11-9-19-7-6-12(11)20-15(13)18;1-2/h6-7,9,24H,5,8,10H2,1-4H3,(H2,18,20);1-2H3. The van der Waals surface area contributed by atoms with Crippen molar-refractivity contribution in [2.45, 2.75) is 53.2 Å². The van der Waals surface area contributed by atoms with Crippen LogP contribution in [0.3, 0.4) is 0 Å². The molecule has 3 rings (SSSR count). The largest absolute Gasteiger partial charge is 0.389 e. The number of hydrogen-bond acceptors (Lipinski definition) is 6. The molecule has 0 saturated carbocycles. The molecule has 0 amide bonds. The number of imidazole rings is 1. The van der Waals surface area contributed by atoms with Crippen molar-refractivity contribution in [1.82, 2.24) is 19.5 Å². The molecule has 3 aromatic heterocycles. The topological polar surface area (TPSA) is 93.1 Å². The Morgan fingerprint density at radius 1 is 1.27 bits per heavy atom. The lowest BCUT2D eigenvalue weighted by Crippen LogP contribution is -2.29. The number of nitrogens with zero attached hydrogens (tertiary/aromatic N) is 5. The number of fused-ring (bicyclic) bond motifs is 3. The minimum atomic E-state index is -0.887. The number of pyridine rings is 2. The molecule has 0 aliphatic carbocycles. The second-order valence-electron chi connectivity index (χ2n) is 6.82. The van der Waals surface area contributed by atoms with Gasteiger partial charge in [-0.05, 0) is 26.3 Å². The van der Waals surface area contributed by atoms with Crippen LogP contribution in [-0.4, -0.2) is 43.8 Å². The molecule has 0 atom stereocenters. The number of nitrogens with two attached hydrogens (primary N) is 1. The van der Waals surface area contributed by atoms with Crippen molar-refractivity contribution in [3.8, 4) is 0 Å². The van der Waals surface area contributed by atoms with Gasteiger partial charge in [0.2, 0.25) is 5.95 Å². The molecule has 0 aromatic carbocycles. The zero-order valence-corrected chi connectivity index (χ0v) is 16.6. The highest BCUT2D eigenvalue weighted by molar-refractivity contribution is 6.07. The van der Waals surface area contributed by atoms with Gasteiger partial charge in [0.15, 0.2) is 5.82 Å². The zero-order valence-electron chi connectivity index (χ0n) is 16.6. The van der Waals surface area contributed by atoms with Crippen LogP contribution in [0.15, 0.2) is 18.5 Å². The second-order valence-corrected chi connectivity index (χ2v) is 6.82. The number of anilines is 2. The Morgan fingerprint density at radius 3 is 2.58 bits per heavy atom. The number of nitrogen functional groups attached to an aromatic ring is 1. The Labute approximate surface area is 154 Å². The van der Waals surface area contributed by atoms with E-state index in [2.05, 4.69) is 21.8 Å². The van der Waals surface area contributed by atoms with Gasteiger partial charge in [0.1, 0.15) is 5.52 Å². The van der Waals surface area contributed by atoms with E-state index in [9.17, 15) is 5.11 Å². The molecule has 0 radical (unpaired) electrons. The molecule has 142 valence electrons. The van der Waals surface area contributed by atoms with Crippen molar-refractivity contribution >= 4 is 33.7 Å². The van der Waals surface area contributed by atoms with E-state index in [0.29, 0.717) is 17.9 Å². The fraction of sp³-hybridized carbons (Fsp3) is 0.526. The number of aliphatic hydroxyl groups is 1. The second kappa shape index (κ2) is 7.86. The fourth-order valence-electron chi connectivity index (χ4n) is 3.01. The van der Waals surface area contributed by atoms with E-state index >= 15 is 0 Å². The first kappa shape index (κ1) is 19.9. The molecule has 0 saturated heterocycles. The van der Waals surface area contributed by atoms with E-state index in [1.165, 1.54) is 0 Å². The normalized spacial score (nSPS) is 11.5. The lowest BCUT2D eigenvalue weighted by atomic mass is 10.1.